The molecule has 0 saturated carbocycles. The quantitative estimate of drug-likeness (QED) is 0.428. The molecule has 3 nitrogen and oxygen atoms in total. The standard InChI is InChI=1S/C6H11NO2/c1-5(9)7-2-6(3-7)4-8/h6,8H,2-4H2,1H3/p+1. The summed E-state index contributed by atoms with van der Waals surface area (Å²) in [6.07, 6.45) is 0. The lowest BCUT2D eigenvalue weighted by Gasteiger charge is -2.35. The molecule has 1 heterocycles. The summed E-state index contributed by atoms with van der Waals surface area (Å²) < 4.78 is 0. The van der Waals surface area contributed by atoms with Gasteiger partial charge in [-0.25, -0.2) is 0 Å². The summed E-state index contributed by atoms with van der Waals surface area (Å²) in [7, 11) is 0. The normalized spacial score (nSPS) is 19.6. The van der Waals surface area contributed by atoms with Crippen LogP contribution in [0.1, 0.15) is 6.92 Å². The van der Waals surface area contributed by atoms with Crippen molar-refractivity contribution in [1.82, 2.24) is 4.90 Å². The molecule has 1 aliphatic rings. The zero-order valence-electron chi connectivity index (χ0n) is 5.55. The van der Waals surface area contributed by atoms with Crippen LogP contribution in [-0.4, -0.2) is 35.6 Å². The Morgan fingerprint density at radius 3 is 2.67 bits per heavy atom. The molecule has 1 rings (SSSR count). The molecule has 3 heteroatoms. The van der Waals surface area contributed by atoms with Gasteiger partial charge in [-0.05, 0) is 0 Å². The topological polar surface area (TPSA) is 43.2 Å². The van der Waals surface area contributed by atoms with E-state index in [0.29, 0.717) is 12.5 Å². The van der Waals surface area contributed by atoms with Gasteiger partial charge in [0.1, 0.15) is 6.61 Å². The van der Waals surface area contributed by atoms with Crippen LogP contribution in [0.5, 0.6) is 0 Å². The van der Waals surface area contributed by atoms with E-state index >= 15 is 0 Å². The minimum absolute atomic E-state index is 0.139. The van der Waals surface area contributed by atoms with Crippen LogP contribution in [0.15, 0.2) is 0 Å². The maximum absolute atomic E-state index is 10.6. The Balaban J connectivity index is 2.19. The fourth-order valence-corrected chi connectivity index (χ4v) is 0.956. The predicted molar refractivity (Wildman–Crippen MR) is 34.2 cm³/mol. The number of amides is 1. The first kappa shape index (κ1) is 6.55. The van der Waals surface area contributed by atoms with E-state index in [1.807, 2.05) is 0 Å². The highest BCUT2D eigenvalue weighted by molar-refractivity contribution is 5.74. The second-order valence-corrected chi connectivity index (χ2v) is 2.49. The van der Waals surface area contributed by atoms with Gasteiger partial charge in [-0.15, -0.1) is 0 Å². The van der Waals surface area contributed by atoms with E-state index in [1.165, 1.54) is 0 Å². The van der Waals surface area contributed by atoms with Crippen molar-refractivity contribution in [2.45, 2.75) is 6.92 Å². The van der Waals surface area contributed by atoms with Crippen molar-refractivity contribution >= 4 is 5.91 Å². The molecule has 0 bridgehead atoms. The number of likely N-dealkylation sites (tertiary alicyclic amines) is 1. The molecule has 1 saturated heterocycles. The number of hydrogen-bond acceptors (Lipinski definition) is 1. The van der Waals surface area contributed by atoms with Crippen LogP contribution in [0.4, 0.5) is 0 Å². The first-order valence-corrected chi connectivity index (χ1v) is 3.14. The second-order valence-electron chi connectivity index (χ2n) is 2.49. The Morgan fingerprint density at radius 2 is 2.33 bits per heavy atom. The molecule has 0 radical (unpaired) electrons. The van der Waals surface area contributed by atoms with Crippen molar-refractivity contribution in [1.29, 1.82) is 0 Å². The third kappa shape index (κ3) is 1.21. The minimum Gasteiger partial charge on any atom is -0.445 e. The van der Waals surface area contributed by atoms with Gasteiger partial charge in [0.25, 0.3) is 0 Å². The van der Waals surface area contributed by atoms with Gasteiger partial charge in [-0.2, -0.15) is 0 Å². The molecular weight excluding hydrogens is 118 g/mol. The zero-order chi connectivity index (χ0) is 6.85. The van der Waals surface area contributed by atoms with E-state index in [-0.39, 0.29) is 5.91 Å². The molecule has 0 aromatic carbocycles. The van der Waals surface area contributed by atoms with Gasteiger partial charge >= 0.3 is 0 Å². The average molecular weight is 130 g/mol. The molecule has 1 amide bonds. The number of carbonyl (C=O) groups excluding carboxylic acids is 1. The first-order valence-electron chi connectivity index (χ1n) is 3.14. The van der Waals surface area contributed by atoms with Gasteiger partial charge in [0.2, 0.25) is 5.91 Å². The van der Waals surface area contributed by atoms with Gasteiger partial charge < -0.3 is 10.0 Å². The van der Waals surface area contributed by atoms with Crippen LogP contribution in [0, 0.1) is 5.92 Å². The minimum atomic E-state index is 0.139. The highest BCUT2D eigenvalue weighted by Gasteiger charge is 2.29. The highest BCUT2D eigenvalue weighted by Crippen LogP contribution is 2.13. The summed E-state index contributed by atoms with van der Waals surface area (Å²) >= 11 is 0. The SMILES string of the molecule is CC(=O)N1CC(C[OH2+])C1. The maximum Gasteiger partial charge on any atom is 0.219 e. The molecule has 0 aromatic rings. The molecule has 0 aliphatic carbocycles. The van der Waals surface area contributed by atoms with E-state index in [2.05, 4.69) is 0 Å². The van der Waals surface area contributed by atoms with Gasteiger partial charge in [-0.3, -0.25) is 4.79 Å². The first-order chi connectivity index (χ1) is 4.24. The summed E-state index contributed by atoms with van der Waals surface area (Å²) in [5.41, 5.74) is 0. The molecule has 1 fully saturated rings. The van der Waals surface area contributed by atoms with Crippen molar-refractivity contribution in [3.63, 3.8) is 0 Å². The molecule has 52 valence electrons. The van der Waals surface area contributed by atoms with Gasteiger partial charge in [0.05, 0.1) is 5.92 Å². The van der Waals surface area contributed by atoms with Crippen LogP contribution in [0.2, 0.25) is 0 Å². The third-order valence-corrected chi connectivity index (χ3v) is 1.69. The number of rotatable bonds is 1. The van der Waals surface area contributed by atoms with E-state index in [9.17, 15) is 4.79 Å². The smallest absolute Gasteiger partial charge is 0.219 e. The molecule has 2 N–H and O–H groups in total. The number of carbonyl (C=O) groups is 1. The summed E-state index contributed by atoms with van der Waals surface area (Å²) in [5, 5.41) is 6.95. The van der Waals surface area contributed by atoms with Crippen molar-refractivity contribution in [3.8, 4) is 0 Å². The van der Waals surface area contributed by atoms with E-state index in [0.717, 1.165) is 13.1 Å². The fraction of sp³-hybridized carbons (Fsp3) is 0.833. The van der Waals surface area contributed by atoms with Gasteiger partial charge in [0.15, 0.2) is 0 Å². The predicted octanol–water partition coefficient (Wildman–Crippen LogP) is -0.811. The Morgan fingerprint density at radius 1 is 1.78 bits per heavy atom. The van der Waals surface area contributed by atoms with Gasteiger partial charge in [-0.1, -0.05) is 0 Å². The maximum atomic E-state index is 10.6. The molecule has 1 aliphatic heterocycles. The van der Waals surface area contributed by atoms with Crippen LogP contribution in [0.25, 0.3) is 0 Å². The van der Waals surface area contributed by atoms with Crippen molar-refractivity contribution in [3.05, 3.63) is 0 Å². The largest absolute Gasteiger partial charge is 0.445 e. The van der Waals surface area contributed by atoms with Crippen LogP contribution in [-0.2, 0) is 4.79 Å². The summed E-state index contributed by atoms with van der Waals surface area (Å²) in [4.78, 5) is 12.3. The summed E-state index contributed by atoms with van der Waals surface area (Å²) in [6.45, 7) is 3.64. The number of nitrogens with zero attached hydrogens (tertiary/aromatic N) is 1. The molecule has 0 atom stereocenters. The lowest BCUT2D eigenvalue weighted by atomic mass is 10.0. The van der Waals surface area contributed by atoms with Crippen LogP contribution in [0.3, 0.4) is 0 Å². The molecular formula is C6H12NO2+. The Labute approximate surface area is 54.3 Å². The van der Waals surface area contributed by atoms with Crippen LogP contribution < -0.4 is 0 Å². The van der Waals surface area contributed by atoms with Crippen molar-refractivity contribution < 1.29 is 9.90 Å². The van der Waals surface area contributed by atoms with Crippen molar-refractivity contribution in [2.24, 2.45) is 5.92 Å². The third-order valence-electron chi connectivity index (χ3n) is 1.69. The van der Waals surface area contributed by atoms with Gasteiger partial charge in [0, 0.05) is 20.0 Å². The lowest BCUT2D eigenvalue weighted by molar-refractivity contribution is -0.135. The molecule has 0 unspecified atom stereocenters. The Bertz CT molecular complexity index is 118. The second kappa shape index (κ2) is 2.35. The number of hydrogen-bond donors (Lipinski definition) is 0. The fourth-order valence-electron chi connectivity index (χ4n) is 0.956. The lowest BCUT2D eigenvalue weighted by Crippen LogP contribution is -2.50. The van der Waals surface area contributed by atoms with E-state index in [1.54, 1.807) is 11.8 Å². The van der Waals surface area contributed by atoms with Crippen molar-refractivity contribution in [2.75, 3.05) is 19.7 Å². The summed E-state index contributed by atoms with van der Waals surface area (Å²) in [6, 6.07) is 0. The highest BCUT2D eigenvalue weighted by atomic mass is 16.3. The zero-order valence-corrected chi connectivity index (χ0v) is 5.55. The monoisotopic (exact) mass is 130 g/mol. The molecule has 9 heavy (non-hydrogen) atoms. The van der Waals surface area contributed by atoms with E-state index < -0.39 is 0 Å². The summed E-state index contributed by atoms with van der Waals surface area (Å²) in [5.74, 6) is 0.591. The van der Waals surface area contributed by atoms with Crippen LogP contribution >= 0.6 is 0 Å². The van der Waals surface area contributed by atoms with E-state index in [4.69, 9.17) is 5.11 Å². The average Bonchev–Trinajstić information content (AvgIpc) is 1.61. The molecule has 0 aromatic heterocycles. The Kier molecular flexibility index (Phi) is 1.71. The Hall–Kier alpha value is -0.570. The molecule has 0 spiro atoms.